The van der Waals surface area contributed by atoms with Crippen LogP contribution in [0.4, 0.5) is 0 Å². The second kappa shape index (κ2) is 4.14. The summed E-state index contributed by atoms with van der Waals surface area (Å²) in [6.45, 7) is 4.49. The zero-order valence-corrected chi connectivity index (χ0v) is 9.98. The van der Waals surface area contributed by atoms with E-state index in [1.807, 2.05) is 17.9 Å². The number of amides is 1. The van der Waals surface area contributed by atoms with Gasteiger partial charge in [-0.2, -0.15) is 0 Å². The Labute approximate surface area is 100 Å². The molecular weight excluding hydrogens is 218 g/mol. The van der Waals surface area contributed by atoms with Gasteiger partial charge in [-0.25, -0.2) is 0 Å². The molecule has 0 bridgehead atoms. The number of nitrogens with zero attached hydrogens (tertiary/aromatic N) is 2. The lowest BCUT2D eigenvalue weighted by Crippen LogP contribution is -2.52. The molecular formula is C12H17N3O2. The number of carbonyl (C=O) groups is 1. The van der Waals surface area contributed by atoms with E-state index in [2.05, 4.69) is 10.5 Å². The highest BCUT2D eigenvalue weighted by Gasteiger charge is 2.31. The molecule has 5 nitrogen and oxygen atoms in total. The third-order valence-electron chi connectivity index (χ3n) is 3.49. The molecule has 0 unspecified atom stereocenters. The summed E-state index contributed by atoms with van der Waals surface area (Å²) in [5, 5.41) is 7.17. The molecule has 1 saturated heterocycles. The Balaban J connectivity index is 1.75. The molecule has 1 N–H and O–H groups in total. The average Bonchev–Trinajstić information content (AvgIpc) is 3.07. The first-order valence-corrected chi connectivity index (χ1v) is 6.24. The van der Waals surface area contributed by atoms with Gasteiger partial charge in [-0.05, 0) is 19.8 Å². The summed E-state index contributed by atoms with van der Waals surface area (Å²) in [5.41, 5.74) is 0.459. The third kappa shape index (κ3) is 2.07. The van der Waals surface area contributed by atoms with Gasteiger partial charge in [0.25, 0.3) is 5.91 Å². The number of hydrogen-bond donors (Lipinski definition) is 1. The van der Waals surface area contributed by atoms with Gasteiger partial charge in [0.05, 0.1) is 0 Å². The van der Waals surface area contributed by atoms with Crippen molar-refractivity contribution >= 4 is 5.91 Å². The Morgan fingerprint density at radius 3 is 3.12 bits per heavy atom. The van der Waals surface area contributed by atoms with Crippen LogP contribution in [0.25, 0.3) is 0 Å². The van der Waals surface area contributed by atoms with E-state index >= 15 is 0 Å². The van der Waals surface area contributed by atoms with Crippen molar-refractivity contribution in [2.75, 3.05) is 19.6 Å². The maximum absolute atomic E-state index is 12.2. The van der Waals surface area contributed by atoms with E-state index in [-0.39, 0.29) is 11.9 Å². The van der Waals surface area contributed by atoms with Crippen LogP contribution in [0.5, 0.6) is 0 Å². The monoisotopic (exact) mass is 235 g/mol. The number of aromatic nitrogens is 1. The molecule has 1 saturated carbocycles. The smallest absolute Gasteiger partial charge is 0.276 e. The van der Waals surface area contributed by atoms with E-state index < -0.39 is 0 Å². The molecule has 2 heterocycles. The Hall–Kier alpha value is -1.36. The highest BCUT2D eigenvalue weighted by molar-refractivity contribution is 5.92. The molecule has 1 aliphatic heterocycles. The summed E-state index contributed by atoms with van der Waals surface area (Å²) in [6, 6.07) is 2.03. The third-order valence-corrected chi connectivity index (χ3v) is 3.49. The summed E-state index contributed by atoms with van der Waals surface area (Å²) in [7, 11) is 0. The number of rotatable bonds is 2. The number of carbonyl (C=O) groups excluding carboxylic acids is 1. The van der Waals surface area contributed by atoms with E-state index in [0.717, 1.165) is 38.2 Å². The zero-order chi connectivity index (χ0) is 11.8. The minimum atomic E-state index is -0.00495. The predicted octanol–water partition coefficient (Wildman–Crippen LogP) is 0.986. The standard InChI is InChI=1S/C12H17N3O2/c1-8-7-13-4-5-15(8)12(16)10-6-11(17-14-10)9-2-3-9/h6,8-9,13H,2-5,7H2,1H3/t8-/m1/s1. The fourth-order valence-corrected chi connectivity index (χ4v) is 2.24. The first-order valence-electron chi connectivity index (χ1n) is 6.24. The van der Waals surface area contributed by atoms with Crippen molar-refractivity contribution in [2.24, 2.45) is 0 Å². The number of piperazine rings is 1. The molecule has 2 aliphatic rings. The SMILES string of the molecule is C[C@@H]1CNCCN1C(=O)c1cc(C2CC2)on1. The largest absolute Gasteiger partial charge is 0.360 e. The summed E-state index contributed by atoms with van der Waals surface area (Å²) >= 11 is 0. The first-order chi connectivity index (χ1) is 8.25. The van der Waals surface area contributed by atoms with Crippen molar-refractivity contribution in [2.45, 2.75) is 31.7 Å². The van der Waals surface area contributed by atoms with Crippen LogP contribution in [-0.2, 0) is 0 Å². The van der Waals surface area contributed by atoms with Crippen LogP contribution in [0.3, 0.4) is 0 Å². The van der Waals surface area contributed by atoms with Gasteiger partial charge in [-0.1, -0.05) is 5.16 Å². The van der Waals surface area contributed by atoms with E-state index in [4.69, 9.17) is 4.52 Å². The minimum absolute atomic E-state index is 0.00495. The van der Waals surface area contributed by atoms with Crippen LogP contribution >= 0.6 is 0 Å². The zero-order valence-electron chi connectivity index (χ0n) is 9.98. The molecule has 1 amide bonds. The Bertz CT molecular complexity index is 425. The van der Waals surface area contributed by atoms with E-state index in [1.165, 1.54) is 0 Å². The van der Waals surface area contributed by atoms with Crippen LogP contribution in [0.15, 0.2) is 10.6 Å². The Morgan fingerprint density at radius 1 is 1.59 bits per heavy atom. The lowest BCUT2D eigenvalue weighted by atomic mass is 10.2. The van der Waals surface area contributed by atoms with Gasteiger partial charge in [-0.15, -0.1) is 0 Å². The highest BCUT2D eigenvalue weighted by Crippen LogP contribution is 2.40. The van der Waals surface area contributed by atoms with Crippen LogP contribution in [0, 0.1) is 0 Å². The van der Waals surface area contributed by atoms with Gasteiger partial charge >= 0.3 is 0 Å². The van der Waals surface area contributed by atoms with Gasteiger partial charge in [0, 0.05) is 37.7 Å². The molecule has 2 fully saturated rings. The van der Waals surface area contributed by atoms with Crippen molar-refractivity contribution in [1.82, 2.24) is 15.4 Å². The molecule has 1 atom stereocenters. The van der Waals surface area contributed by atoms with Crippen LogP contribution in [0.1, 0.15) is 41.9 Å². The molecule has 0 radical (unpaired) electrons. The van der Waals surface area contributed by atoms with Crippen LogP contribution < -0.4 is 5.32 Å². The normalized spacial score (nSPS) is 25.0. The Morgan fingerprint density at radius 2 is 2.41 bits per heavy atom. The first kappa shape index (κ1) is 10.8. The predicted molar refractivity (Wildman–Crippen MR) is 61.8 cm³/mol. The van der Waals surface area contributed by atoms with Gasteiger partial charge in [-0.3, -0.25) is 4.79 Å². The molecule has 17 heavy (non-hydrogen) atoms. The second-order valence-electron chi connectivity index (χ2n) is 4.94. The molecule has 1 aromatic rings. The van der Waals surface area contributed by atoms with E-state index in [1.54, 1.807) is 0 Å². The van der Waals surface area contributed by atoms with Crippen molar-refractivity contribution in [3.63, 3.8) is 0 Å². The summed E-state index contributed by atoms with van der Waals surface area (Å²) in [5.74, 6) is 1.37. The van der Waals surface area contributed by atoms with Crippen molar-refractivity contribution < 1.29 is 9.32 Å². The van der Waals surface area contributed by atoms with Gasteiger partial charge in [0.15, 0.2) is 5.69 Å². The Kier molecular flexibility index (Phi) is 2.63. The van der Waals surface area contributed by atoms with E-state index in [0.29, 0.717) is 11.6 Å². The molecule has 1 aliphatic carbocycles. The quantitative estimate of drug-likeness (QED) is 0.830. The lowest BCUT2D eigenvalue weighted by molar-refractivity contribution is 0.0645. The molecule has 1 aromatic heterocycles. The van der Waals surface area contributed by atoms with Gasteiger partial charge in [0.2, 0.25) is 0 Å². The van der Waals surface area contributed by atoms with Gasteiger partial charge < -0.3 is 14.7 Å². The lowest BCUT2D eigenvalue weighted by Gasteiger charge is -2.33. The van der Waals surface area contributed by atoms with Crippen molar-refractivity contribution in [3.05, 3.63) is 17.5 Å². The molecule has 0 spiro atoms. The molecule has 3 rings (SSSR count). The minimum Gasteiger partial charge on any atom is -0.360 e. The van der Waals surface area contributed by atoms with Gasteiger partial charge in [0.1, 0.15) is 5.76 Å². The van der Waals surface area contributed by atoms with Crippen molar-refractivity contribution in [1.29, 1.82) is 0 Å². The maximum atomic E-state index is 12.2. The number of hydrogen-bond acceptors (Lipinski definition) is 4. The number of nitrogens with one attached hydrogen (secondary N) is 1. The topological polar surface area (TPSA) is 58.4 Å². The maximum Gasteiger partial charge on any atom is 0.276 e. The molecule has 0 aromatic carbocycles. The summed E-state index contributed by atoms with van der Waals surface area (Å²) in [4.78, 5) is 14.1. The van der Waals surface area contributed by atoms with E-state index in [9.17, 15) is 4.79 Å². The van der Waals surface area contributed by atoms with Crippen LogP contribution in [-0.4, -0.2) is 41.6 Å². The summed E-state index contributed by atoms with van der Waals surface area (Å²) < 4.78 is 5.22. The van der Waals surface area contributed by atoms with Crippen molar-refractivity contribution in [3.8, 4) is 0 Å². The average molecular weight is 235 g/mol. The second-order valence-corrected chi connectivity index (χ2v) is 4.94. The molecule has 5 heteroatoms. The molecule has 92 valence electrons. The highest BCUT2D eigenvalue weighted by atomic mass is 16.5. The fourth-order valence-electron chi connectivity index (χ4n) is 2.24. The fraction of sp³-hybridized carbons (Fsp3) is 0.667. The van der Waals surface area contributed by atoms with Crippen LogP contribution in [0.2, 0.25) is 0 Å². The summed E-state index contributed by atoms with van der Waals surface area (Å²) in [6.07, 6.45) is 2.32.